The van der Waals surface area contributed by atoms with Crippen LogP contribution in [0.5, 0.6) is 5.75 Å². The molecule has 0 radical (unpaired) electrons. The maximum Gasteiger partial charge on any atom is 0.154 e. The lowest BCUT2D eigenvalue weighted by Gasteiger charge is -2.34. The molecule has 21 heavy (non-hydrogen) atoms. The van der Waals surface area contributed by atoms with Gasteiger partial charge in [0, 0.05) is 16.3 Å². The van der Waals surface area contributed by atoms with Gasteiger partial charge in [0.25, 0.3) is 0 Å². The van der Waals surface area contributed by atoms with Crippen molar-refractivity contribution in [2.75, 3.05) is 19.9 Å². The van der Waals surface area contributed by atoms with Crippen molar-refractivity contribution in [1.29, 1.82) is 0 Å². The standard InChI is InChI=1S/C15H24BrNO3S/c1-6-9-17-14(15(2,3)21(5,18)19)12-10-11(16)7-8-13(12)20-4/h7-8,10,14,17H,6,9H2,1-5H3. The van der Waals surface area contributed by atoms with Gasteiger partial charge in [0.2, 0.25) is 0 Å². The second kappa shape index (κ2) is 7.11. The van der Waals surface area contributed by atoms with E-state index < -0.39 is 14.6 Å². The Morgan fingerprint density at radius 3 is 2.48 bits per heavy atom. The summed E-state index contributed by atoms with van der Waals surface area (Å²) < 4.78 is 29.8. The molecule has 6 heteroatoms. The summed E-state index contributed by atoms with van der Waals surface area (Å²) >= 11 is 3.45. The average molecular weight is 378 g/mol. The molecule has 1 aromatic carbocycles. The Morgan fingerprint density at radius 2 is 2.00 bits per heavy atom. The van der Waals surface area contributed by atoms with Crippen LogP contribution >= 0.6 is 15.9 Å². The zero-order chi connectivity index (χ0) is 16.3. The van der Waals surface area contributed by atoms with Crippen molar-refractivity contribution in [3.05, 3.63) is 28.2 Å². The van der Waals surface area contributed by atoms with Crippen molar-refractivity contribution in [3.63, 3.8) is 0 Å². The number of rotatable bonds is 7. The molecule has 1 N–H and O–H groups in total. The van der Waals surface area contributed by atoms with Crippen molar-refractivity contribution >= 4 is 25.8 Å². The van der Waals surface area contributed by atoms with Crippen LogP contribution in [0.2, 0.25) is 0 Å². The molecule has 4 nitrogen and oxygen atoms in total. The third-order valence-corrected chi connectivity index (χ3v) is 6.39. The molecule has 0 heterocycles. The summed E-state index contributed by atoms with van der Waals surface area (Å²) in [6.45, 7) is 6.28. The highest BCUT2D eigenvalue weighted by atomic mass is 79.9. The lowest BCUT2D eigenvalue weighted by atomic mass is 9.94. The number of halogens is 1. The average Bonchev–Trinajstić information content (AvgIpc) is 2.38. The van der Waals surface area contributed by atoms with E-state index in [4.69, 9.17) is 4.74 Å². The summed E-state index contributed by atoms with van der Waals surface area (Å²) in [6, 6.07) is 5.30. The molecular weight excluding hydrogens is 354 g/mol. The second-order valence-electron chi connectivity index (χ2n) is 5.65. The topological polar surface area (TPSA) is 55.4 Å². The second-order valence-corrected chi connectivity index (χ2v) is 9.16. The minimum atomic E-state index is -3.25. The van der Waals surface area contributed by atoms with Crippen molar-refractivity contribution in [2.24, 2.45) is 0 Å². The van der Waals surface area contributed by atoms with E-state index in [1.54, 1.807) is 21.0 Å². The smallest absolute Gasteiger partial charge is 0.154 e. The summed E-state index contributed by atoms with van der Waals surface area (Å²) in [5, 5.41) is 3.35. The molecule has 0 aliphatic heterocycles. The van der Waals surface area contributed by atoms with E-state index in [9.17, 15) is 8.42 Å². The number of benzene rings is 1. The van der Waals surface area contributed by atoms with Crippen LogP contribution in [0.3, 0.4) is 0 Å². The predicted molar refractivity (Wildman–Crippen MR) is 90.7 cm³/mol. The molecular formula is C15H24BrNO3S. The molecule has 0 aliphatic rings. The van der Waals surface area contributed by atoms with Gasteiger partial charge in [-0.25, -0.2) is 8.42 Å². The van der Waals surface area contributed by atoms with Gasteiger partial charge in [0.15, 0.2) is 9.84 Å². The van der Waals surface area contributed by atoms with Crippen LogP contribution in [0, 0.1) is 0 Å². The van der Waals surface area contributed by atoms with E-state index in [-0.39, 0.29) is 6.04 Å². The Labute approximate surface area is 136 Å². The molecule has 120 valence electrons. The zero-order valence-corrected chi connectivity index (χ0v) is 15.6. The number of ether oxygens (including phenoxy) is 1. The molecule has 0 bridgehead atoms. The number of hydrogen-bond acceptors (Lipinski definition) is 4. The van der Waals surface area contributed by atoms with Crippen LogP contribution in [0.25, 0.3) is 0 Å². The van der Waals surface area contributed by atoms with Gasteiger partial charge in [-0.05, 0) is 45.0 Å². The van der Waals surface area contributed by atoms with Crippen molar-refractivity contribution in [1.82, 2.24) is 5.32 Å². The minimum Gasteiger partial charge on any atom is -0.496 e. The van der Waals surface area contributed by atoms with Gasteiger partial charge in [-0.2, -0.15) is 0 Å². The predicted octanol–water partition coefficient (Wildman–Crippen LogP) is 3.32. The molecule has 0 spiro atoms. The lowest BCUT2D eigenvalue weighted by Crippen LogP contribution is -2.45. The molecule has 0 amide bonds. The Balaban J connectivity index is 3.42. The third kappa shape index (κ3) is 4.20. The molecule has 0 saturated carbocycles. The monoisotopic (exact) mass is 377 g/mol. The van der Waals surface area contributed by atoms with Crippen LogP contribution < -0.4 is 10.1 Å². The van der Waals surface area contributed by atoms with Gasteiger partial charge in [0.05, 0.1) is 17.9 Å². The number of sulfone groups is 1. The molecule has 1 aromatic rings. The first-order valence-electron chi connectivity index (χ1n) is 6.91. The third-order valence-electron chi connectivity index (χ3n) is 3.75. The van der Waals surface area contributed by atoms with Crippen LogP contribution in [-0.4, -0.2) is 33.1 Å². The first kappa shape index (κ1) is 18.5. The molecule has 0 saturated heterocycles. The van der Waals surface area contributed by atoms with Crippen LogP contribution in [0.1, 0.15) is 38.8 Å². The number of hydrogen-bond donors (Lipinski definition) is 1. The van der Waals surface area contributed by atoms with Gasteiger partial charge in [-0.1, -0.05) is 22.9 Å². The molecule has 1 rings (SSSR count). The van der Waals surface area contributed by atoms with Gasteiger partial charge < -0.3 is 10.1 Å². The van der Waals surface area contributed by atoms with E-state index in [2.05, 4.69) is 28.2 Å². The van der Waals surface area contributed by atoms with Crippen LogP contribution in [-0.2, 0) is 9.84 Å². The summed E-state index contributed by atoms with van der Waals surface area (Å²) in [7, 11) is -1.66. The Morgan fingerprint density at radius 1 is 1.38 bits per heavy atom. The largest absolute Gasteiger partial charge is 0.496 e. The number of methoxy groups -OCH3 is 1. The van der Waals surface area contributed by atoms with Crippen molar-refractivity contribution < 1.29 is 13.2 Å². The molecule has 0 fully saturated rings. The summed E-state index contributed by atoms with van der Waals surface area (Å²) in [6.07, 6.45) is 2.20. The van der Waals surface area contributed by atoms with Crippen LogP contribution in [0.4, 0.5) is 0 Å². The van der Waals surface area contributed by atoms with Crippen LogP contribution in [0.15, 0.2) is 22.7 Å². The van der Waals surface area contributed by atoms with E-state index in [1.165, 1.54) is 6.26 Å². The van der Waals surface area contributed by atoms with Gasteiger partial charge in [-0.3, -0.25) is 0 Å². The highest BCUT2D eigenvalue weighted by molar-refractivity contribution is 9.10. The fourth-order valence-corrected chi connectivity index (χ4v) is 3.18. The van der Waals surface area contributed by atoms with Gasteiger partial charge in [-0.15, -0.1) is 0 Å². The number of nitrogens with one attached hydrogen (secondary N) is 1. The maximum atomic E-state index is 12.2. The fraction of sp³-hybridized carbons (Fsp3) is 0.600. The van der Waals surface area contributed by atoms with Gasteiger partial charge in [0.1, 0.15) is 5.75 Å². The fourth-order valence-electron chi connectivity index (χ4n) is 2.16. The first-order chi connectivity index (χ1) is 9.65. The quantitative estimate of drug-likeness (QED) is 0.791. The highest BCUT2D eigenvalue weighted by Crippen LogP contribution is 2.38. The van der Waals surface area contributed by atoms with E-state index >= 15 is 0 Å². The lowest BCUT2D eigenvalue weighted by molar-refractivity contribution is 0.376. The van der Waals surface area contributed by atoms with E-state index in [0.717, 1.165) is 23.0 Å². The SMILES string of the molecule is CCCNC(c1cc(Br)ccc1OC)C(C)(C)S(C)(=O)=O. The molecule has 1 atom stereocenters. The normalized spacial score (nSPS) is 14.0. The Hall–Kier alpha value is -0.590. The summed E-state index contributed by atoms with van der Waals surface area (Å²) in [5.41, 5.74) is 0.843. The highest BCUT2D eigenvalue weighted by Gasteiger charge is 2.40. The van der Waals surface area contributed by atoms with Gasteiger partial charge >= 0.3 is 0 Å². The van der Waals surface area contributed by atoms with E-state index in [0.29, 0.717) is 5.75 Å². The molecule has 1 unspecified atom stereocenters. The van der Waals surface area contributed by atoms with Crippen molar-refractivity contribution in [3.8, 4) is 5.75 Å². The Bertz CT molecular complexity index is 585. The minimum absolute atomic E-state index is 0.347. The molecule has 0 aromatic heterocycles. The first-order valence-corrected chi connectivity index (χ1v) is 9.60. The summed E-state index contributed by atoms with van der Waals surface area (Å²) in [5.74, 6) is 0.684. The maximum absolute atomic E-state index is 12.2. The summed E-state index contributed by atoms with van der Waals surface area (Å²) in [4.78, 5) is 0. The zero-order valence-electron chi connectivity index (χ0n) is 13.2. The van der Waals surface area contributed by atoms with E-state index in [1.807, 2.05) is 18.2 Å². The molecule has 0 aliphatic carbocycles. The van der Waals surface area contributed by atoms with Crippen molar-refractivity contribution in [2.45, 2.75) is 38.0 Å². The Kier molecular flexibility index (Phi) is 6.25.